The molecule has 6 nitrogen and oxygen atoms in total. The van der Waals surface area contributed by atoms with E-state index in [2.05, 4.69) is 11.1 Å². The van der Waals surface area contributed by atoms with E-state index in [1.807, 2.05) is 29.6 Å². The minimum absolute atomic E-state index is 0.211. The largest absolute Gasteiger partial charge is 0.497 e. The molecular formula is C21H17N3O3S. The molecule has 0 bridgehead atoms. The average Bonchev–Trinajstić information content (AvgIpc) is 3.31. The van der Waals surface area contributed by atoms with Gasteiger partial charge in [0.25, 0.3) is 5.91 Å². The maximum atomic E-state index is 13.0. The van der Waals surface area contributed by atoms with Gasteiger partial charge in [-0.15, -0.1) is 11.3 Å². The maximum Gasteiger partial charge on any atom is 0.259 e. The number of amides is 1. The molecule has 28 heavy (non-hydrogen) atoms. The van der Waals surface area contributed by atoms with E-state index in [4.69, 9.17) is 9.47 Å². The molecule has 1 aliphatic heterocycles. The summed E-state index contributed by atoms with van der Waals surface area (Å²) in [6, 6.07) is 14.6. The van der Waals surface area contributed by atoms with Crippen LogP contribution in [0.5, 0.6) is 11.5 Å². The van der Waals surface area contributed by atoms with Gasteiger partial charge in [0.2, 0.25) is 0 Å². The van der Waals surface area contributed by atoms with Crippen molar-refractivity contribution in [1.29, 1.82) is 5.26 Å². The highest BCUT2D eigenvalue weighted by molar-refractivity contribution is 7.09. The monoisotopic (exact) mass is 391 g/mol. The average molecular weight is 391 g/mol. The number of hydrogen-bond acceptors (Lipinski definition) is 6. The zero-order chi connectivity index (χ0) is 19.7. The van der Waals surface area contributed by atoms with E-state index in [1.54, 1.807) is 30.2 Å². The number of aromatic nitrogens is 1. The molecule has 0 radical (unpaired) electrons. The number of thiazole rings is 1. The highest BCUT2D eigenvalue weighted by Crippen LogP contribution is 2.39. The van der Waals surface area contributed by atoms with Crippen LogP contribution in [0, 0.1) is 11.3 Å². The molecule has 7 heteroatoms. The summed E-state index contributed by atoms with van der Waals surface area (Å²) in [5, 5.41) is 12.4. The lowest BCUT2D eigenvalue weighted by Gasteiger charge is -2.18. The van der Waals surface area contributed by atoms with Crippen molar-refractivity contribution in [1.82, 2.24) is 9.88 Å². The van der Waals surface area contributed by atoms with E-state index in [0.29, 0.717) is 16.9 Å². The van der Waals surface area contributed by atoms with Crippen molar-refractivity contribution in [2.75, 3.05) is 14.2 Å². The SMILES string of the molecule is COc1cccc(-c2csc(CN3C(=O)c4c(OC)cccc4C3C#N)n2)c1. The van der Waals surface area contributed by atoms with Crippen LogP contribution in [0.2, 0.25) is 0 Å². The number of rotatable bonds is 5. The summed E-state index contributed by atoms with van der Waals surface area (Å²) < 4.78 is 10.6. The van der Waals surface area contributed by atoms with Crippen LogP contribution in [0.1, 0.15) is 27.0 Å². The van der Waals surface area contributed by atoms with Crippen LogP contribution in [0.3, 0.4) is 0 Å². The zero-order valence-corrected chi connectivity index (χ0v) is 16.2. The number of fused-ring (bicyclic) bond motifs is 1. The van der Waals surface area contributed by atoms with Crippen LogP contribution >= 0.6 is 11.3 Å². The van der Waals surface area contributed by atoms with Crippen LogP contribution in [0.4, 0.5) is 0 Å². The fourth-order valence-electron chi connectivity index (χ4n) is 3.35. The molecule has 0 saturated carbocycles. The van der Waals surface area contributed by atoms with Crippen molar-refractivity contribution in [3.8, 4) is 28.8 Å². The van der Waals surface area contributed by atoms with Crippen LogP contribution in [0.15, 0.2) is 47.8 Å². The van der Waals surface area contributed by atoms with Crippen molar-refractivity contribution >= 4 is 17.2 Å². The third-order valence-corrected chi connectivity index (χ3v) is 5.54. The smallest absolute Gasteiger partial charge is 0.259 e. The van der Waals surface area contributed by atoms with E-state index in [1.165, 1.54) is 18.4 Å². The van der Waals surface area contributed by atoms with Gasteiger partial charge in [-0.3, -0.25) is 4.79 Å². The first-order valence-electron chi connectivity index (χ1n) is 8.62. The van der Waals surface area contributed by atoms with Crippen molar-refractivity contribution in [2.24, 2.45) is 0 Å². The summed E-state index contributed by atoms with van der Waals surface area (Å²) in [6.07, 6.45) is 0. The number of carbonyl (C=O) groups excluding carboxylic acids is 1. The standard InChI is InChI=1S/C21H17N3O3S/c1-26-14-6-3-5-13(9-14)16-12-28-19(23-16)11-24-17(10-22)15-7-4-8-18(27-2)20(15)21(24)25/h3-9,12,17H,11H2,1-2H3. The molecule has 0 spiro atoms. The second-order valence-corrected chi connectivity index (χ2v) is 7.19. The number of ether oxygens (including phenoxy) is 2. The fourth-order valence-corrected chi connectivity index (χ4v) is 4.15. The quantitative estimate of drug-likeness (QED) is 0.656. The summed E-state index contributed by atoms with van der Waals surface area (Å²) in [6.45, 7) is 0.267. The lowest BCUT2D eigenvalue weighted by Crippen LogP contribution is -2.26. The van der Waals surface area contributed by atoms with Gasteiger partial charge >= 0.3 is 0 Å². The van der Waals surface area contributed by atoms with Crippen LogP contribution in [-0.2, 0) is 6.54 Å². The fraction of sp³-hybridized carbons (Fsp3) is 0.190. The van der Waals surface area contributed by atoms with Crippen LogP contribution in [0.25, 0.3) is 11.3 Å². The molecule has 0 aliphatic carbocycles. The van der Waals surface area contributed by atoms with E-state index >= 15 is 0 Å². The summed E-state index contributed by atoms with van der Waals surface area (Å²) in [5.74, 6) is 1.03. The molecule has 3 aromatic rings. The topological polar surface area (TPSA) is 75.4 Å². The van der Waals surface area contributed by atoms with Gasteiger partial charge in [0, 0.05) is 16.5 Å². The number of methoxy groups -OCH3 is 2. The minimum Gasteiger partial charge on any atom is -0.497 e. The van der Waals surface area contributed by atoms with E-state index < -0.39 is 6.04 Å². The number of benzene rings is 2. The normalized spacial score (nSPS) is 15.2. The first-order chi connectivity index (χ1) is 13.7. The summed E-state index contributed by atoms with van der Waals surface area (Å²) in [7, 11) is 3.15. The van der Waals surface area contributed by atoms with Crippen molar-refractivity contribution < 1.29 is 14.3 Å². The molecule has 2 aromatic carbocycles. The Balaban J connectivity index is 1.62. The molecule has 1 unspecified atom stereocenters. The van der Waals surface area contributed by atoms with E-state index in [0.717, 1.165) is 22.0 Å². The number of hydrogen-bond donors (Lipinski definition) is 0. The molecule has 1 amide bonds. The van der Waals surface area contributed by atoms with Crippen molar-refractivity contribution in [2.45, 2.75) is 12.6 Å². The molecule has 140 valence electrons. The highest BCUT2D eigenvalue weighted by atomic mass is 32.1. The van der Waals surface area contributed by atoms with Gasteiger partial charge in [0.15, 0.2) is 0 Å². The number of nitrogens with zero attached hydrogens (tertiary/aromatic N) is 3. The van der Waals surface area contributed by atoms with Crippen molar-refractivity contribution in [3.05, 3.63) is 64.0 Å². The molecule has 1 aliphatic rings. The molecular weight excluding hydrogens is 374 g/mol. The summed E-state index contributed by atoms with van der Waals surface area (Å²) >= 11 is 1.46. The first-order valence-corrected chi connectivity index (χ1v) is 9.50. The number of carbonyl (C=O) groups is 1. The Hall–Kier alpha value is -3.37. The summed E-state index contributed by atoms with van der Waals surface area (Å²) in [5.41, 5.74) is 2.89. The lowest BCUT2D eigenvalue weighted by molar-refractivity contribution is 0.0742. The van der Waals surface area contributed by atoms with Crippen LogP contribution < -0.4 is 9.47 Å². The molecule has 4 rings (SSSR count). The van der Waals surface area contributed by atoms with E-state index in [9.17, 15) is 10.1 Å². The summed E-state index contributed by atoms with van der Waals surface area (Å²) in [4.78, 5) is 19.2. The zero-order valence-electron chi connectivity index (χ0n) is 15.4. The van der Waals surface area contributed by atoms with E-state index in [-0.39, 0.29) is 12.5 Å². The Bertz CT molecular complexity index is 1090. The Morgan fingerprint density at radius 2 is 2.04 bits per heavy atom. The molecule has 0 saturated heterocycles. The van der Waals surface area contributed by atoms with Crippen molar-refractivity contribution in [3.63, 3.8) is 0 Å². The second kappa shape index (κ2) is 7.33. The van der Waals surface area contributed by atoms with Gasteiger partial charge in [-0.25, -0.2) is 4.98 Å². The Kier molecular flexibility index (Phi) is 4.72. The predicted molar refractivity (Wildman–Crippen MR) is 105 cm³/mol. The highest BCUT2D eigenvalue weighted by Gasteiger charge is 2.39. The second-order valence-electron chi connectivity index (χ2n) is 6.25. The van der Waals surface area contributed by atoms with Gasteiger partial charge < -0.3 is 14.4 Å². The van der Waals surface area contributed by atoms with Gasteiger partial charge in [0.05, 0.1) is 38.1 Å². The lowest BCUT2D eigenvalue weighted by atomic mass is 10.0. The van der Waals surface area contributed by atoms with Gasteiger partial charge in [0.1, 0.15) is 22.5 Å². The predicted octanol–water partition coefficient (Wildman–Crippen LogP) is 4.05. The Morgan fingerprint density at radius 3 is 2.79 bits per heavy atom. The maximum absolute atomic E-state index is 13.0. The third-order valence-electron chi connectivity index (χ3n) is 4.70. The minimum atomic E-state index is -0.651. The van der Waals surface area contributed by atoms with Gasteiger partial charge in [-0.05, 0) is 18.2 Å². The van der Waals surface area contributed by atoms with Gasteiger partial charge in [-0.2, -0.15) is 5.26 Å². The molecule has 2 heterocycles. The van der Waals surface area contributed by atoms with Crippen LogP contribution in [-0.4, -0.2) is 30.0 Å². The van der Waals surface area contributed by atoms with Gasteiger partial charge in [-0.1, -0.05) is 24.3 Å². The Labute approximate surface area is 166 Å². The molecule has 1 aromatic heterocycles. The molecule has 0 N–H and O–H groups in total. The first kappa shape index (κ1) is 18.0. The molecule has 0 fully saturated rings. The molecule has 1 atom stereocenters. The number of nitriles is 1. The third kappa shape index (κ3) is 2.98. The Morgan fingerprint density at radius 1 is 1.21 bits per heavy atom.